The predicted molar refractivity (Wildman–Crippen MR) is 131 cm³/mol. The number of aryl methyl sites for hydroxylation is 1. The van der Waals surface area contributed by atoms with Crippen molar-refractivity contribution >= 4 is 17.4 Å². The minimum Gasteiger partial charge on any atom is -0.485 e. The zero-order valence-electron chi connectivity index (χ0n) is 19.7. The maximum absolute atomic E-state index is 13.0. The van der Waals surface area contributed by atoms with Gasteiger partial charge in [-0.05, 0) is 61.7 Å². The van der Waals surface area contributed by atoms with E-state index >= 15 is 0 Å². The van der Waals surface area contributed by atoms with Crippen molar-refractivity contribution in [1.82, 2.24) is 14.7 Å². The van der Waals surface area contributed by atoms with Crippen LogP contribution in [0.1, 0.15) is 35.7 Å². The molecule has 1 aliphatic carbocycles. The van der Waals surface area contributed by atoms with Gasteiger partial charge in [-0.2, -0.15) is 5.10 Å². The lowest BCUT2D eigenvalue weighted by Crippen LogP contribution is -2.23. The smallest absolute Gasteiger partial charge is 0.257 e. The molecule has 8 nitrogen and oxygen atoms in total. The molecule has 1 saturated carbocycles. The van der Waals surface area contributed by atoms with Crippen molar-refractivity contribution in [2.45, 2.75) is 31.9 Å². The van der Waals surface area contributed by atoms with Crippen LogP contribution < -0.4 is 14.8 Å². The molecule has 1 fully saturated rings. The van der Waals surface area contributed by atoms with Gasteiger partial charge in [0.15, 0.2) is 5.82 Å². The maximum Gasteiger partial charge on any atom is 0.257 e. The number of nitrogens with zero attached hydrogens (tertiary/aromatic N) is 3. The average Bonchev–Trinajstić information content (AvgIpc) is 3.46. The van der Waals surface area contributed by atoms with E-state index in [2.05, 4.69) is 17.0 Å². The number of ether oxygens (including phenoxy) is 2. The van der Waals surface area contributed by atoms with Crippen LogP contribution in [0, 0.1) is 0 Å². The lowest BCUT2D eigenvalue weighted by atomic mass is 10.1. The van der Waals surface area contributed by atoms with Crippen molar-refractivity contribution in [2.24, 2.45) is 0 Å². The van der Waals surface area contributed by atoms with E-state index in [0.29, 0.717) is 35.2 Å². The Balaban J connectivity index is 1.58. The van der Waals surface area contributed by atoms with E-state index in [1.54, 1.807) is 35.1 Å². The number of carbonyl (C=O) groups is 1. The van der Waals surface area contributed by atoms with E-state index in [0.717, 1.165) is 24.1 Å². The average molecular weight is 463 g/mol. The number of carbonyl (C=O) groups excluding carboxylic acids is 1. The second-order valence-corrected chi connectivity index (χ2v) is 8.61. The van der Waals surface area contributed by atoms with Crippen LogP contribution in [0.15, 0.2) is 61.3 Å². The number of aliphatic hydroxyl groups excluding tert-OH is 1. The largest absolute Gasteiger partial charge is 0.485 e. The molecule has 4 rings (SSSR count). The fraction of sp³-hybridized carbons (Fsp3) is 0.308. The van der Waals surface area contributed by atoms with Crippen molar-refractivity contribution in [3.8, 4) is 17.2 Å². The maximum atomic E-state index is 13.0. The van der Waals surface area contributed by atoms with Gasteiger partial charge in [0.1, 0.15) is 22.8 Å². The number of rotatable bonds is 10. The Morgan fingerprint density at radius 2 is 1.82 bits per heavy atom. The topological polar surface area (TPSA) is 88.8 Å². The predicted octanol–water partition coefficient (Wildman–Crippen LogP) is 4.38. The van der Waals surface area contributed by atoms with Crippen LogP contribution in [-0.4, -0.2) is 52.0 Å². The summed E-state index contributed by atoms with van der Waals surface area (Å²) in [6, 6.07) is 14.3. The number of nitrogens with one attached hydrogen (secondary N) is 1. The zero-order chi connectivity index (χ0) is 24.3. The minimum absolute atomic E-state index is 0.0781. The number of aliphatic hydroxyl groups is 1. The Hall–Kier alpha value is -3.78. The Bertz CT molecular complexity index is 1180. The highest BCUT2D eigenvalue weighted by atomic mass is 16.5. The summed E-state index contributed by atoms with van der Waals surface area (Å²) in [5, 5.41) is 16.8. The summed E-state index contributed by atoms with van der Waals surface area (Å²) in [7, 11) is 3.88. The van der Waals surface area contributed by atoms with Gasteiger partial charge in [-0.1, -0.05) is 6.58 Å². The third-order valence-electron chi connectivity index (χ3n) is 5.74. The fourth-order valence-corrected chi connectivity index (χ4v) is 3.41. The molecule has 34 heavy (non-hydrogen) atoms. The van der Waals surface area contributed by atoms with Gasteiger partial charge in [0.05, 0.1) is 6.61 Å². The number of amides is 1. The molecular formula is C26H30N4O4. The van der Waals surface area contributed by atoms with Crippen LogP contribution in [0.5, 0.6) is 17.2 Å². The quantitative estimate of drug-likeness (QED) is 0.465. The van der Waals surface area contributed by atoms with Crippen molar-refractivity contribution in [3.05, 3.63) is 72.4 Å². The number of hydrogen-bond donors (Lipinski definition) is 2. The minimum atomic E-state index is -0.583. The normalized spacial score (nSPS) is 13.8. The Morgan fingerprint density at radius 3 is 2.41 bits per heavy atom. The molecule has 1 aromatic heterocycles. The number of aromatic nitrogens is 2. The van der Waals surface area contributed by atoms with E-state index in [-0.39, 0.29) is 12.5 Å². The third kappa shape index (κ3) is 5.40. The summed E-state index contributed by atoms with van der Waals surface area (Å²) in [6.45, 7) is 6.67. The molecule has 1 heterocycles. The molecule has 2 N–H and O–H groups in total. The molecule has 0 bridgehead atoms. The molecule has 0 spiro atoms. The molecular weight excluding hydrogens is 432 g/mol. The highest BCUT2D eigenvalue weighted by molar-refractivity contribution is 6.04. The SMILES string of the molecule is C=C(c1ccc(Oc2cc(OC3(CO)CC3)cc(C(=O)Nc3ccn(CC)n3)c2)cc1)N(C)C. The molecule has 3 aromatic rings. The standard InChI is InChI=1S/C26H30N4O4/c1-5-30-13-10-24(28-30)27-25(32)20-14-22(16-23(15-20)34-26(17-31)11-12-26)33-21-8-6-19(7-9-21)18(2)29(3)4/h6-10,13-16,31H,2,5,11-12,17H2,1,3-4H3,(H,27,28,32). The van der Waals surface area contributed by atoms with Gasteiger partial charge in [-0.3, -0.25) is 9.48 Å². The van der Waals surface area contributed by atoms with Crippen LogP contribution in [0.25, 0.3) is 5.70 Å². The van der Waals surface area contributed by atoms with Crippen LogP contribution in [0.3, 0.4) is 0 Å². The molecule has 0 radical (unpaired) electrons. The summed E-state index contributed by atoms with van der Waals surface area (Å²) in [6.07, 6.45) is 3.33. The monoisotopic (exact) mass is 462 g/mol. The first-order valence-electron chi connectivity index (χ1n) is 11.2. The molecule has 1 amide bonds. The second-order valence-electron chi connectivity index (χ2n) is 8.61. The van der Waals surface area contributed by atoms with Crippen molar-refractivity contribution in [3.63, 3.8) is 0 Å². The van der Waals surface area contributed by atoms with Crippen molar-refractivity contribution in [1.29, 1.82) is 0 Å². The van der Waals surface area contributed by atoms with E-state index < -0.39 is 5.60 Å². The van der Waals surface area contributed by atoms with Crippen LogP contribution in [0.4, 0.5) is 5.82 Å². The molecule has 8 heteroatoms. The van der Waals surface area contributed by atoms with E-state index in [1.165, 1.54) is 0 Å². The highest BCUT2D eigenvalue weighted by Crippen LogP contribution is 2.41. The molecule has 1 aliphatic rings. The van der Waals surface area contributed by atoms with Crippen LogP contribution in [-0.2, 0) is 6.54 Å². The summed E-state index contributed by atoms with van der Waals surface area (Å²) in [4.78, 5) is 14.9. The van der Waals surface area contributed by atoms with Gasteiger partial charge in [0, 0.05) is 50.2 Å². The van der Waals surface area contributed by atoms with E-state index in [1.807, 2.05) is 50.2 Å². The second kappa shape index (κ2) is 9.61. The lowest BCUT2D eigenvalue weighted by molar-refractivity contribution is 0.0944. The zero-order valence-corrected chi connectivity index (χ0v) is 19.7. The summed E-state index contributed by atoms with van der Waals surface area (Å²) < 4.78 is 13.8. The summed E-state index contributed by atoms with van der Waals surface area (Å²) in [5.41, 5.74) is 1.66. The first-order chi connectivity index (χ1) is 16.3. The molecule has 0 unspecified atom stereocenters. The summed E-state index contributed by atoms with van der Waals surface area (Å²) >= 11 is 0. The molecule has 0 aliphatic heterocycles. The molecule has 0 atom stereocenters. The molecule has 178 valence electrons. The van der Waals surface area contributed by atoms with Gasteiger partial charge >= 0.3 is 0 Å². The van der Waals surface area contributed by atoms with Gasteiger partial charge in [-0.15, -0.1) is 0 Å². The lowest BCUT2D eigenvalue weighted by Gasteiger charge is -2.18. The van der Waals surface area contributed by atoms with Gasteiger partial charge in [0.2, 0.25) is 0 Å². The van der Waals surface area contributed by atoms with Crippen LogP contribution >= 0.6 is 0 Å². The van der Waals surface area contributed by atoms with Gasteiger partial charge in [-0.25, -0.2) is 0 Å². The number of benzene rings is 2. The van der Waals surface area contributed by atoms with Gasteiger partial charge < -0.3 is 24.8 Å². The summed E-state index contributed by atoms with van der Waals surface area (Å²) in [5.74, 6) is 1.67. The van der Waals surface area contributed by atoms with Crippen molar-refractivity contribution in [2.75, 3.05) is 26.0 Å². The first-order valence-corrected chi connectivity index (χ1v) is 11.2. The Morgan fingerprint density at radius 1 is 1.12 bits per heavy atom. The Labute approximate surface area is 199 Å². The number of hydrogen-bond acceptors (Lipinski definition) is 6. The third-order valence-corrected chi connectivity index (χ3v) is 5.74. The first kappa shape index (κ1) is 23.4. The fourth-order valence-electron chi connectivity index (χ4n) is 3.41. The Kier molecular flexibility index (Phi) is 6.61. The van der Waals surface area contributed by atoms with E-state index in [4.69, 9.17) is 9.47 Å². The van der Waals surface area contributed by atoms with Gasteiger partial charge in [0.25, 0.3) is 5.91 Å². The van der Waals surface area contributed by atoms with E-state index in [9.17, 15) is 9.90 Å². The number of anilines is 1. The highest BCUT2D eigenvalue weighted by Gasteiger charge is 2.45. The molecule has 2 aromatic carbocycles. The molecule has 0 saturated heterocycles. The van der Waals surface area contributed by atoms with Crippen molar-refractivity contribution < 1.29 is 19.4 Å². The van der Waals surface area contributed by atoms with Crippen LogP contribution in [0.2, 0.25) is 0 Å².